The van der Waals surface area contributed by atoms with Crippen molar-refractivity contribution in [2.45, 2.75) is 25.2 Å². The number of hydrogen-bond acceptors (Lipinski definition) is 3. The van der Waals surface area contributed by atoms with Gasteiger partial charge in [-0.15, -0.1) is 0 Å². The molecule has 5 N–H and O–H groups in total. The smallest absolute Gasteiger partial charge is 0.319 e. The lowest BCUT2D eigenvalue weighted by Gasteiger charge is -2.39. The number of amides is 2. The number of carbonyl (C=O) groups excluding carboxylic acids is 1. The summed E-state index contributed by atoms with van der Waals surface area (Å²) in [5, 5.41) is 4.18. The second-order valence-electron chi connectivity index (χ2n) is 8.83. The Labute approximate surface area is 203 Å². The van der Waals surface area contributed by atoms with E-state index in [9.17, 15) is 4.79 Å². The van der Waals surface area contributed by atoms with Crippen LogP contribution < -0.4 is 11.1 Å². The summed E-state index contributed by atoms with van der Waals surface area (Å²) in [6.45, 7) is 0.419. The van der Waals surface area contributed by atoms with Crippen LogP contribution in [0.4, 0.5) is 4.79 Å². The van der Waals surface area contributed by atoms with Gasteiger partial charge in [-0.2, -0.15) is 0 Å². The number of para-hydroxylation sites is 1. The van der Waals surface area contributed by atoms with Crippen molar-refractivity contribution in [3.8, 4) is 11.3 Å². The quantitative estimate of drug-likeness (QED) is 0.301. The van der Waals surface area contributed by atoms with Crippen LogP contribution in [0.2, 0.25) is 0 Å². The van der Waals surface area contributed by atoms with Crippen LogP contribution in [0.5, 0.6) is 0 Å². The van der Waals surface area contributed by atoms with E-state index in [1.807, 2.05) is 85.1 Å². The van der Waals surface area contributed by atoms with E-state index >= 15 is 0 Å². The molecule has 2 atom stereocenters. The van der Waals surface area contributed by atoms with Crippen molar-refractivity contribution >= 4 is 16.9 Å². The predicted molar refractivity (Wildman–Crippen MR) is 136 cm³/mol. The molecule has 1 aliphatic rings. The van der Waals surface area contributed by atoms with Gasteiger partial charge in [-0.25, -0.2) is 9.78 Å². The summed E-state index contributed by atoms with van der Waals surface area (Å²) >= 11 is 0. The lowest BCUT2D eigenvalue weighted by molar-refractivity contribution is 0.129. The van der Waals surface area contributed by atoms with Crippen LogP contribution in [0.25, 0.3) is 22.2 Å². The molecule has 5 aromatic rings. The van der Waals surface area contributed by atoms with Gasteiger partial charge in [0, 0.05) is 23.9 Å². The van der Waals surface area contributed by atoms with E-state index in [1.54, 1.807) is 4.90 Å². The first-order valence-electron chi connectivity index (χ1n) is 11.7. The first kappa shape index (κ1) is 21.2. The third-order valence-corrected chi connectivity index (χ3v) is 6.69. The minimum atomic E-state index is -0.641. The van der Waals surface area contributed by atoms with Crippen LogP contribution in [0.15, 0.2) is 91.1 Å². The van der Waals surface area contributed by atoms with Crippen LogP contribution in [0.1, 0.15) is 34.9 Å². The molecule has 2 aromatic heterocycles. The van der Waals surface area contributed by atoms with E-state index < -0.39 is 6.17 Å². The Hall–Kier alpha value is -4.36. The Morgan fingerprint density at radius 2 is 1.69 bits per heavy atom. The van der Waals surface area contributed by atoms with Gasteiger partial charge in [0.2, 0.25) is 0 Å². The molecule has 0 fully saturated rings. The van der Waals surface area contributed by atoms with E-state index in [4.69, 9.17) is 10.7 Å². The molecule has 0 radical (unpaired) electrons. The number of fused-ring (bicyclic) bond motifs is 3. The van der Waals surface area contributed by atoms with E-state index in [0.717, 1.165) is 39.0 Å². The zero-order valence-corrected chi connectivity index (χ0v) is 19.1. The molecule has 7 heteroatoms. The average molecular weight is 463 g/mol. The van der Waals surface area contributed by atoms with Crippen LogP contribution >= 0.6 is 0 Å². The molecule has 2 unspecified atom stereocenters. The normalized spacial score (nSPS) is 17.3. The van der Waals surface area contributed by atoms with Crippen molar-refractivity contribution in [1.29, 1.82) is 0 Å². The Morgan fingerprint density at radius 1 is 0.971 bits per heavy atom. The van der Waals surface area contributed by atoms with Crippen molar-refractivity contribution in [1.82, 2.24) is 25.2 Å². The summed E-state index contributed by atoms with van der Waals surface area (Å²) in [5.41, 5.74) is 12.7. The number of aromatic nitrogens is 3. The first-order chi connectivity index (χ1) is 17.2. The van der Waals surface area contributed by atoms with E-state index in [-0.39, 0.29) is 12.1 Å². The molecule has 1 aliphatic heterocycles. The van der Waals surface area contributed by atoms with Crippen molar-refractivity contribution in [2.75, 3.05) is 0 Å². The highest BCUT2D eigenvalue weighted by molar-refractivity contribution is 5.86. The van der Waals surface area contributed by atoms with E-state index in [1.165, 1.54) is 0 Å². The highest BCUT2D eigenvalue weighted by Gasteiger charge is 2.40. The van der Waals surface area contributed by atoms with Gasteiger partial charge in [-0.05, 0) is 22.8 Å². The summed E-state index contributed by atoms with van der Waals surface area (Å²) < 4.78 is 0. The number of urea groups is 1. The number of nitrogens with zero attached hydrogens (tertiary/aromatic N) is 2. The summed E-state index contributed by atoms with van der Waals surface area (Å²) in [6.07, 6.45) is 1.78. The summed E-state index contributed by atoms with van der Waals surface area (Å²) in [4.78, 5) is 26.8. The SMILES string of the molecule is NC1c2[nH]c3ccccc3c2CC(c2ncc(-c3ccccc3)[nH]2)N1C(=O)NCc1ccccc1. The molecule has 0 spiro atoms. The Morgan fingerprint density at radius 3 is 2.49 bits per heavy atom. The molecule has 3 aromatic carbocycles. The first-order valence-corrected chi connectivity index (χ1v) is 11.7. The molecule has 174 valence electrons. The third-order valence-electron chi connectivity index (χ3n) is 6.69. The summed E-state index contributed by atoms with van der Waals surface area (Å²) in [5.74, 6) is 0.713. The summed E-state index contributed by atoms with van der Waals surface area (Å²) in [6, 6.07) is 27.5. The number of hydrogen-bond donors (Lipinski definition) is 4. The number of rotatable bonds is 4. The molecule has 3 heterocycles. The number of nitrogens with one attached hydrogen (secondary N) is 3. The van der Waals surface area contributed by atoms with Crippen LogP contribution in [-0.4, -0.2) is 25.9 Å². The van der Waals surface area contributed by atoms with Gasteiger partial charge in [0.15, 0.2) is 0 Å². The second kappa shape index (κ2) is 8.77. The van der Waals surface area contributed by atoms with Gasteiger partial charge >= 0.3 is 6.03 Å². The molecule has 0 saturated heterocycles. The van der Waals surface area contributed by atoms with Crippen LogP contribution in [-0.2, 0) is 13.0 Å². The fourth-order valence-corrected chi connectivity index (χ4v) is 4.95. The molecule has 35 heavy (non-hydrogen) atoms. The molecule has 0 saturated carbocycles. The van der Waals surface area contributed by atoms with Crippen molar-refractivity contribution < 1.29 is 4.79 Å². The molecule has 6 rings (SSSR count). The third kappa shape index (κ3) is 3.86. The molecule has 0 aliphatic carbocycles. The number of aromatic amines is 2. The van der Waals surface area contributed by atoms with Crippen molar-refractivity contribution in [3.63, 3.8) is 0 Å². The average Bonchev–Trinajstić information content (AvgIpc) is 3.54. The van der Waals surface area contributed by atoms with Gasteiger partial charge in [0.1, 0.15) is 12.0 Å². The minimum Gasteiger partial charge on any atom is -0.355 e. The lowest BCUT2D eigenvalue weighted by atomic mass is 9.94. The predicted octanol–water partition coefficient (Wildman–Crippen LogP) is 5.02. The van der Waals surface area contributed by atoms with Gasteiger partial charge < -0.3 is 21.0 Å². The topological polar surface area (TPSA) is 103 Å². The number of H-pyrrole nitrogens is 2. The highest BCUT2D eigenvalue weighted by Crippen LogP contribution is 2.40. The molecule has 2 amide bonds. The second-order valence-corrected chi connectivity index (χ2v) is 8.83. The molecular formula is C28H26N6O. The summed E-state index contributed by atoms with van der Waals surface area (Å²) in [7, 11) is 0. The van der Waals surface area contributed by atoms with Crippen molar-refractivity contribution in [3.05, 3.63) is 114 Å². The van der Waals surface area contributed by atoms with E-state index in [2.05, 4.69) is 21.4 Å². The van der Waals surface area contributed by atoms with Crippen LogP contribution in [0.3, 0.4) is 0 Å². The largest absolute Gasteiger partial charge is 0.355 e. The molecule has 7 nitrogen and oxygen atoms in total. The van der Waals surface area contributed by atoms with Gasteiger partial charge in [-0.3, -0.25) is 4.90 Å². The minimum absolute atomic E-state index is 0.228. The number of imidazole rings is 1. The van der Waals surface area contributed by atoms with Crippen molar-refractivity contribution in [2.24, 2.45) is 5.73 Å². The Bertz CT molecular complexity index is 1470. The van der Waals surface area contributed by atoms with Gasteiger partial charge in [-0.1, -0.05) is 78.9 Å². The van der Waals surface area contributed by atoms with Gasteiger partial charge in [0.25, 0.3) is 0 Å². The molecule has 0 bridgehead atoms. The molecular weight excluding hydrogens is 436 g/mol. The lowest BCUT2D eigenvalue weighted by Crippen LogP contribution is -2.50. The number of benzene rings is 3. The van der Waals surface area contributed by atoms with E-state index in [0.29, 0.717) is 18.8 Å². The zero-order valence-electron chi connectivity index (χ0n) is 19.1. The highest BCUT2D eigenvalue weighted by atomic mass is 16.2. The maximum atomic E-state index is 13.5. The Balaban J connectivity index is 1.38. The fourth-order valence-electron chi connectivity index (χ4n) is 4.95. The Kier molecular flexibility index (Phi) is 5.31. The maximum Gasteiger partial charge on any atom is 0.319 e. The number of carbonyl (C=O) groups is 1. The van der Waals surface area contributed by atoms with Gasteiger partial charge in [0.05, 0.1) is 23.6 Å². The number of nitrogens with two attached hydrogens (primary N) is 1. The maximum absolute atomic E-state index is 13.5. The zero-order chi connectivity index (χ0) is 23.8. The monoisotopic (exact) mass is 462 g/mol. The van der Waals surface area contributed by atoms with Crippen LogP contribution in [0, 0.1) is 0 Å². The standard InChI is InChI=1S/C28H26N6O/c29-26-25-21(20-13-7-8-14-22(20)32-25)15-24(27-30-17-23(33-27)19-11-5-2-6-12-19)34(26)28(35)31-16-18-9-3-1-4-10-18/h1-14,17,24,26,32H,15-16,29H2,(H,30,33)(H,31,35). The fraction of sp³-hybridized carbons (Fsp3) is 0.143.